The zero-order chi connectivity index (χ0) is 40.6. The largest absolute Gasteiger partial charge is 0.383 e. The Hall–Kier alpha value is -4.94. The number of amides is 3. The molecule has 0 saturated carbocycles. The molecule has 16 nitrogen and oxygen atoms in total. The van der Waals surface area contributed by atoms with Gasteiger partial charge in [0, 0.05) is 29.3 Å². The summed E-state index contributed by atoms with van der Waals surface area (Å²) in [6, 6.07) is 10.7. The first-order chi connectivity index (χ1) is 26.8. The van der Waals surface area contributed by atoms with Crippen LogP contribution in [-0.4, -0.2) is 80.3 Å². The van der Waals surface area contributed by atoms with Crippen molar-refractivity contribution < 1.29 is 46.8 Å². The van der Waals surface area contributed by atoms with Crippen molar-refractivity contribution in [1.82, 2.24) is 15.8 Å². The predicted molar refractivity (Wildman–Crippen MR) is 212 cm³/mol. The summed E-state index contributed by atoms with van der Waals surface area (Å²) in [5.41, 5.74) is 2.44. The zero-order valence-electron chi connectivity index (χ0n) is 30.1. The van der Waals surface area contributed by atoms with E-state index in [2.05, 4.69) is 37.0 Å². The molecule has 0 atom stereocenters. The number of hydrogen-bond acceptors (Lipinski definition) is 13. The van der Waals surface area contributed by atoms with Crippen molar-refractivity contribution in [1.29, 1.82) is 0 Å². The molecule has 4 rings (SSSR count). The highest BCUT2D eigenvalue weighted by Crippen LogP contribution is 2.31. The van der Waals surface area contributed by atoms with Crippen LogP contribution in [0.5, 0.6) is 0 Å². The van der Waals surface area contributed by atoms with E-state index < -0.39 is 45.8 Å². The third kappa shape index (κ3) is 13.4. The summed E-state index contributed by atoms with van der Waals surface area (Å²) >= 11 is 2.64. The second-order valence-electron chi connectivity index (χ2n) is 11.6. The van der Waals surface area contributed by atoms with E-state index in [-0.39, 0.29) is 44.9 Å². The lowest BCUT2D eigenvalue weighted by Gasteiger charge is -2.14. The van der Waals surface area contributed by atoms with Crippen LogP contribution in [-0.2, 0) is 19.1 Å². The van der Waals surface area contributed by atoms with E-state index >= 15 is 0 Å². The van der Waals surface area contributed by atoms with Crippen molar-refractivity contribution in [3.63, 3.8) is 0 Å². The maximum absolute atomic E-state index is 14.6. The van der Waals surface area contributed by atoms with Crippen LogP contribution in [0.15, 0.2) is 48.5 Å². The number of halogens is 4. The van der Waals surface area contributed by atoms with E-state index in [1.807, 2.05) is 22.6 Å². The standard InChI is InChI=1S/C35H38F3IN8O8S/c1-20-34(47(51)52)56-35(42-20)45-32(49)24-6-5-23(19-29(24)43-21(2)48)41-12-15-54-17-16-53-14-11-40-10-3-13-55-46-33(50)25-7-8-26(36)30(38)31(25)44-28-9-4-22(39)18-27(28)37/h4-9,18-19,40-41,44H,3,10-17H2,1-2H3,(H,43,48)(H,46,50)(H,42,45,49). The highest BCUT2D eigenvalue weighted by atomic mass is 127. The second kappa shape index (κ2) is 22.0. The number of benzene rings is 3. The SMILES string of the molecule is CC(=O)Nc1cc(NCCOCCOCCNCCCONC(=O)c2ccc(F)c(F)c2Nc2ccc(I)cc2F)ccc1C(=O)Nc1nc(C)c([N+](=O)[O-])s1. The number of nitro groups is 1. The van der Waals surface area contributed by atoms with Gasteiger partial charge in [-0.1, -0.05) is 0 Å². The summed E-state index contributed by atoms with van der Waals surface area (Å²) in [4.78, 5) is 57.1. The number of aryl methyl sites for hydroxylation is 1. The number of hydroxylamine groups is 1. The molecule has 0 radical (unpaired) electrons. The number of nitrogens with one attached hydrogen (secondary N) is 6. The minimum atomic E-state index is -1.34. The maximum atomic E-state index is 14.6. The predicted octanol–water partition coefficient (Wildman–Crippen LogP) is 6.12. The molecule has 0 aliphatic rings. The zero-order valence-corrected chi connectivity index (χ0v) is 33.0. The summed E-state index contributed by atoms with van der Waals surface area (Å²) in [7, 11) is 0. The fourth-order valence-electron chi connectivity index (χ4n) is 4.81. The normalized spacial score (nSPS) is 10.9. The van der Waals surface area contributed by atoms with Crippen LogP contribution >= 0.6 is 33.9 Å². The number of ether oxygens (including phenoxy) is 2. The first kappa shape index (κ1) is 43.8. The van der Waals surface area contributed by atoms with E-state index in [1.165, 1.54) is 32.0 Å². The summed E-state index contributed by atoms with van der Waals surface area (Å²) in [6.07, 6.45) is 0.508. The maximum Gasteiger partial charge on any atom is 0.348 e. The lowest BCUT2D eigenvalue weighted by molar-refractivity contribution is -0.380. The van der Waals surface area contributed by atoms with Gasteiger partial charge in [0.2, 0.25) is 5.91 Å². The summed E-state index contributed by atoms with van der Waals surface area (Å²) in [5, 5.41) is 24.9. The van der Waals surface area contributed by atoms with Gasteiger partial charge in [0.15, 0.2) is 16.8 Å². The van der Waals surface area contributed by atoms with Crippen LogP contribution in [0.25, 0.3) is 0 Å². The Balaban J connectivity index is 1.06. The fourth-order valence-corrected chi connectivity index (χ4v) is 6.04. The molecule has 3 aromatic carbocycles. The van der Waals surface area contributed by atoms with Crippen molar-refractivity contribution >= 4 is 84.5 Å². The molecule has 0 saturated heterocycles. The second-order valence-corrected chi connectivity index (χ2v) is 13.9. The van der Waals surface area contributed by atoms with Gasteiger partial charge in [0.1, 0.15) is 11.5 Å². The van der Waals surface area contributed by atoms with Crippen LogP contribution in [0.1, 0.15) is 39.8 Å². The molecule has 56 heavy (non-hydrogen) atoms. The van der Waals surface area contributed by atoms with Gasteiger partial charge in [-0.15, -0.1) is 0 Å². The van der Waals surface area contributed by atoms with Crippen LogP contribution < -0.4 is 32.1 Å². The van der Waals surface area contributed by atoms with Gasteiger partial charge in [-0.25, -0.2) is 23.6 Å². The number of carbonyl (C=O) groups excluding carboxylic acids is 3. The van der Waals surface area contributed by atoms with Gasteiger partial charge in [-0.05, 0) is 102 Å². The van der Waals surface area contributed by atoms with Gasteiger partial charge in [0.05, 0.1) is 66.1 Å². The number of nitrogens with zero attached hydrogens (tertiary/aromatic N) is 2. The van der Waals surface area contributed by atoms with Crippen molar-refractivity contribution in [3.05, 3.63) is 96.5 Å². The van der Waals surface area contributed by atoms with Crippen LogP contribution in [0.2, 0.25) is 0 Å². The van der Waals surface area contributed by atoms with Crippen molar-refractivity contribution in [2.24, 2.45) is 0 Å². The Kier molecular flexibility index (Phi) is 17.2. The molecule has 0 spiro atoms. The summed E-state index contributed by atoms with van der Waals surface area (Å²) in [6.45, 7) is 5.85. The third-order valence-electron chi connectivity index (χ3n) is 7.40. The Labute approximate surface area is 336 Å². The highest BCUT2D eigenvalue weighted by molar-refractivity contribution is 14.1. The fraction of sp³-hybridized carbons (Fsp3) is 0.314. The molecule has 0 fully saturated rings. The third-order valence-corrected chi connectivity index (χ3v) is 9.09. The van der Waals surface area contributed by atoms with Crippen LogP contribution in [0.4, 0.5) is 46.1 Å². The molecule has 3 amide bonds. The first-order valence-electron chi connectivity index (χ1n) is 16.9. The number of thiazole rings is 1. The average Bonchev–Trinajstić information content (AvgIpc) is 3.52. The Morgan fingerprint density at radius 3 is 2.29 bits per heavy atom. The topological polar surface area (TPSA) is 207 Å². The van der Waals surface area contributed by atoms with Gasteiger partial charge in [-0.2, -0.15) is 0 Å². The van der Waals surface area contributed by atoms with E-state index in [0.29, 0.717) is 61.7 Å². The average molecular weight is 915 g/mol. The van der Waals surface area contributed by atoms with Crippen molar-refractivity contribution in [2.75, 3.05) is 73.9 Å². The summed E-state index contributed by atoms with van der Waals surface area (Å²) < 4.78 is 54.5. The quantitative estimate of drug-likeness (QED) is 0.0228. The Morgan fingerprint density at radius 2 is 1.59 bits per heavy atom. The molecule has 300 valence electrons. The Morgan fingerprint density at radius 1 is 0.857 bits per heavy atom. The smallest absolute Gasteiger partial charge is 0.348 e. The molecule has 0 aliphatic carbocycles. The number of rotatable bonds is 22. The van der Waals surface area contributed by atoms with Crippen molar-refractivity contribution in [2.45, 2.75) is 20.3 Å². The Bertz CT molecular complexity index is 2030. The molecule has 1 heterocycles. The van der Waals surface area contributed by atoms with Crippen LogP contribution in [0, 0.1) is 38.1 Å². The lowest BCUT2D eigenvalue weighted by Crippen LogP contribution is -2.27. The van der Waals surface area contributed by atoms with Gasteiger partial charge in [0.25, 0.3) is 11.8 Å². The minimum Gasteiger partial charge on any atom is -0.383 e. The molecule has 0 unspecified atom stereocenters. The van der Waals surface area contributed by atoms with Gasteiger partial charge >= 0.3 is 5.00 Å². The van der Waals surface area contributed by atoms with E-state index in [4.69, 9.17) is 14.3 Å². The molecule has 21 heteroatoms. The lowest BCUT2D eigenvalue weighted by atomic mass is 10.1. The van der Waals surface area contributed by atoms with E-state index in [1.54, 1.807) is 18.2 Å². The number of hydrogen-bond donors (Lipinski definition) is 6. The number of carbonyl (C=O) groups is 3. The van der Waals surface area contributed by atoms with E-state index in [0.717, 1.165) is 23.5 Å². The van der Waals surface area contributed by atoms with Crippen LogP contribution in [0.3, 0.4) is 0 Å². The molecule has 1 aromatic heterocycles. The minimum absolute atomic E-state index is 0.0630. The van der Waals surface area contributed by atoms with Gasteiger partial charge < -0.3 is 30.7 Å². The monoisotopic (exact) mass is 914 g/mol. The molecular formula is C35H38F3IN8O8S. The molecule has 6 N–H and O–H groups in total. The first-order valence-corrected chi connectivity index (χ1v) is 18.8. The molecular weight excluding hydrogens is 876 g/mol. The van der Waals surface area contributed by atoms with Crippen molar-refractivity contribution in [3.8, 4) is 0 Å². The number of anilines is 5. The molecule has 0 bridgehead atoms. The summed E-state index contributed by atoms with van der Waals surface area (Å²) in [5.74, 6) is -5.07. The van der Waals surface area contributed by atoms with E-state index in [9.17, 15) is 37.7 Å². The molecule has 4 aromatic rings. The van der Waals surface area contributed by atoms with Gasteiger partial charge in [-0.3, -0.25) is 34.7 Å². The highest BCUT2D eigenvalue weighted by Gasteiger charge is 2.22. The molecule has 0 aliphatic heterocycles. The number of aromatic nitrogens is 1.